The van der Waals surface area contributed by atoms with Gasteiger partial charge in [0.1, 0.15) is 5.54 Å². The lowest BCUT2D eigenvalue weighted by molar-refractivity contribution is -0.130. The monoisotopic (exact) mass is 399 g/mol. The maximum atomic E-state index is 12.7. The van der Waals surface area contributed by atoms with Gasteiger partial charge in [-0.15, -0.1) is 5.01 Å². The number of hydrogen-bond donors (Lipinski definition) is 1. The summed E-state index contributed by atoms with van der Waals surface area (Å²) < 4.78 is 0.904. The summed E-state index contributed by atoms with van der Waals surface area (Å²) >= 11 is 3.38. The van der Waals surface area contributed by atoms with Crippen LogP contribution in [-0.4, -0.2) is 28.7 Å². The van der Waals surface area contributed by atoms with Gasteiger partial charge in [-0.1, -0.05) is 58.4 Å². The van der Waals surface area contributed by atoms with Gasteiger partial charge in [0, 0.05) is 4.47 Å². The van der Waals surface area contributed by atoms with Gasteiger partial charge in [0.2, 0.25) is 0 Å². The first kappa shape index (κ1) is 17.4. The first-order valence-electron chi connectivity index (χ1n) is 7.98. The van der Waals surface area contributed by atoms with Gasteiger partial charge in [0.25, 0.3) is 5.91 Å². The SMILES string of the molecule is C[C@@]1(CCc2ccccc2)NC(=O)N(/N=C\c2cccc(Br)c2)C1=O. The predicted octanol–water partition coefficient (Wildman–Crippen LogP) is 3.73. The number of hydrogen-bond acceptors (Lipinski definition) is 3. The molecule has 5 nitrogen and oxygen atoms in total. The number of hydrazone groups is 1. The van der Waals surface area contributed by atoms with Crippen molar-refractivity contribution in [3.05, 3.63) is 70.2 Å². The van der Waals surface area contributed by atoms with Crippen molar-refractivity contribution in [1.29, 1.82) is 0 Å². The summed E-state index contributed by atoms with van der Waals surface area (Å²) in [6.07, 6.45) is 2.72. The Morgan fingerprint density at radius 2 is 1.92 bits per heavy atom. The number of amides is 3. The number of carbonyl (C=O) groups is 2. The van der Waals surface area contributed by atoms with Gasteiger partial charge in [-0.2, -0.15) is 5.10 Å². The summed E-state index contributed by atoms with van der Waals surface area (Å²) in [6, 6.07) is 16.9. The smallest absolute Gasteiger partial charge is 0.322 e. The molecular formula is C19H18BrN3O2. The zero-order chi connectivity index (χ0) is 17.9. The molecule has 0 aliphatic carbocycles. The van der Waals surface area contributed by atoms with Gasteiger partial charge in [0.05, 0.1) is 6.21 Å². The van der Waals surface area contributed by atoms with Crippen LogP contribution in [0.3, 0.4) is 0 Å². The Bertz CT molecular complexity index is 822. The van der Waals surface area contributed by atoms with Crippen molar-refractivity contribution in [1.82, 2.24) is 10.3 Å². The summed E-state index contributed by atoms with van der Waals surface area (Å²) in [4.78, 5) is 24.8. The molecule has 0 radical (unpaired) electrons. The van der Waals surface area contributed by atoms with E-state index < -0.39 is 11.6 Å². The van der Waals surface area contributed by atoms with E-state index in [-0.39, 0.29) is 5.91 Å². The van der Waals surface area contributed by atoms with Crippen molar-refractivity contribution in [3.8, 4) is 0 Å². The van der Waals surface area contributed by atoms with Crippen molar-refractivity contribution < 1.29 is 9.59 Å². The maximum absolute atomic E-state index is 12.7. The van der Waals surface area contributed by atoms with E-state index in [1.165, 1.54) is 6.21 Å². The fourth-order valence-corrected chi connectivity index (χ4v) is 3.11. The Hall–Kier alpha value is -2.47. The molecule has 0 unspecified atom stereocenters. The number of imide groups is 1. The zero-order valence-electron chi connectivity index (χ0n) is 13.8. The number of urea groups is 1. The Kier molecular flexibility index (Phi) is 4.99. The number of nitrogens with one attached hydrogen (secondary N) is 1. The highest BCUT2D eigenvalue weighted by Gasteiger charge is 2.47. The first-order chi connectivity index (χ1) is 12.0. The highest BCUT2D eigenvalue weighted by Crippen LogP contribution is 2.23. The average Bonchev–Trinajstić information content (AvgIpc) is 2.82. The summed E-state index contributed by atoms with van der Waals surface area (Å²) in [5, 5.41) is 7.74. The van der Waals surface area contributed by atoms with E-state index in [2.05, 4.69) is 26.3 Å². The lowest BCUT2D eigenvalue weighted by Gasteiger charge is -2.20. The highest BCUT2D eigenvalue weighted by molar-refractivity contribution is 9.10. The van der Waals surface area contributed by atoms with Crippen LogP contribution in [0.15, 0.2) is 64.2 Å². The van der Waals surface area contributed by atoms with Crippen LogP contribution in [0, 0.1) is 0 Å². The molecule has 2 aromatic carbocycles. The number of aryl methyl sites for hydroxylation is 1. The molecule has 3 amide bonds. The van der Waals surface area contributed by atoms with Gasteiger partial charge < -0.3 is 5.32 Å². The van der Waals surface area contributed by atoms with Crippen LogP contribution >= 0.6 is 15.9 Å². The standard InChI is InChI=1S/C19H18BrN3O2/c1-19(11-10-14-6-3-2-4-7-14)17(24)23(18(25)22-19)21-13-15-8-5-9-16(20)12-15/h2-9,12-13H,10-11H2,1H3,(H,22,25)/b21-13-/t19-/m0/s1. The van der Waals surface area contributed by atoms with Crippen molar-refractivity contribution in [2.75, 3.05) is 0 Å². The lowest BCUT2D eigenvalue weighted by Crippen LogP contribution is -2.44. The van der Waals surface area contributed by atoms with Crippen LogP contribution < -0.4 is 5.32 Å². The van der Waals surface area contributed by atoms with Crippen LogP contribution in [0.2, 0.25) is 0 Å². The summed E-state index contributed by atoms with van der Waals surface area (Å²) in [5.41, 5.74) is 0.983. The second-order valence-corrected chi connectivity index (χ2v) is 7.08. The second-order valence-electron chi connectivity index (χ2n) is 6.16. The van der Waals surface area contributed by atoms with Crippen molar-refractivity contribution in [2.24, 2.45) is 5.10 Å². The number of benzene rings is 2. The first-order valence-corrected chi connectivity index (χ1v) is 8.77. The summed E-state index contributed by atoms with van der Waals surface area (Å²) in [7, 11) is 0. The normalized spacial score (nSPS) is 20.3. The molecule has 0 spiro atoms. The van der Waals surface area contributed by atoms with Crippen LogP contribution in [0.1, 0.15) is 24.5 Å². The van der Waals surface area contributed by atoms with Crippen LogP contribution in [0.4, 0.5) is 4.79 Å². The third-order valence-corrected chi connectivity index (χ3v) is 4.66. The molecule has 1 aliphatic rings. The molecular weight excluding hydrogens is 382 g/mol. The van der Waals surface area contributed by atoms with E-state index in [4.69, 9.17) is 0 Å². The third-order valence-electron chi connectivity index (χ3n) is 4.17. The van der Waals surface area contributed by atoms with E-state index in [0.29, 0.717) is 12.8 Å². The Morgan fingerprint density at radius 1 is 1.16 bits per heavy atom. The largest absolute Gasteiger partial charge is 0.346 e. The molecule has 3 rings (SSSR count). The minimum absolute atomic E-state index is 0.334. The predicted molar refractivity (Wildman–Crippen MR) is 100 cm³/mol. The molecule has 0 bridgehead atoms. The minimum Gasteiger partial charge on any atom is -0.322 e. The summed E-state index contributed by atoms with van der Waals surface area (Å²) in [5.74, 6) is -0.334. The topological polar surface area (TPSA) is 61.8 Å². The van der Waals surface area contributed by atoms with E-state index >= 15 is 0 Å². The molecule has 128 valence electrons. The zero-order valence-corrected chi connectivity index (χ0v) is 15.4. The van der Waals surface area contributed by atoms with Gasteiger partial charge in [-0.3, -0.25) is 4.79 Å². The quantitative estimate of drug-likeness (QED) is 0.614. The highest BCUT2D eigenvalue weighted by atomic mass is 79.9. The summed E-state index contributed by atoms with van der Waals surface area (Å²) in [6.45, 7) is 1.74. The molecule has 0 aromatic heterocycles. The van der Waals surface area contributed by atoms with E-state index in [9.17, 15) is 9.59 Å². The molecule has 1 heterocycles. The Labute approximate surface area is 154 Å². The van der Waals surface area contributed by atoms with Crippen molar-refractivity contribution in [3.63, 3.8) is 0 Å². The molecule has 1 aliphatic heterocycles. The molecule has 1 saturated heterocycles. The van der Waals surface area contributed by atoms with Crippen molar-refractivity contribution >= 4 is 34.1 Å². The van der Waals surface area contributed by atoms with Crippen LogP contribution in [-0.2, 0) is 11.2 Å². The van der Waals surface area contributed by atoms with E-state index in [1.807, 2.05) is 54.6 Å². The molecule has 0 saturated carbocycles. The Morgan fingerprint density at radius 3 is 2.64 bits per heavy atom. The minimum atomic E-state index is -0.943. The van der Waals surface area contributed by atoms with E-state index in [0.717, 1.165) is 20.6 Å². The maximum Gasteiger partial charge on any atom is 0.346 e. The third kappa shape index (κ3) is 3.96. The van der Waals surface area contributed by atoms with Gasteiger partial charge in [0.15, 0.2) is 0 Å². The van der Waals surface area contributed by atoms with Crippen molar-refractivity contribution in [2.45, 2.75) is 25.3 Å². The Balaban J connectivity index is 1.70. The molecule has 1 atom stereocenters. The van der Waals surface area contributed by atoms with Gasteiger partial charge >= 0.3 is 6.03 Å². The molecule has 2 aromatic rings. The fourth-order valence-electron chi connectivity index (χ4n) is 2.69. The average molecular weight is 400 g/mol. The molecule has 1 N–H and O–H groups in total. The molecule has 25 heavy (non-hydrogen) atoms. The lowest BCUT2D eigenvalue weighted by atomic mass is 9.93. The van der Waals surface area contributed by atoms with E-state index in [1.54, 1.807) is 6.92 Å². The molecule has 6 heteroatoms. The number of carbonyl (C=O) groups excluding carboxylic acids is 2. The van der Waals surface area contributed by atoms with Gasteiger partial charge in [-0.25, -0.2) is 4.79 Å². The van der Waals surface area contributed by atoms with Crippen LogP contribution in [0.25, 0.3) is 0 Å². The molecule has 1 fully saturated rings. The van der Waals surface area contributed by atoms with Gasteiger partial charge in [-0.05, 0) is 43.0 Å². The number of nitrogens with zero attached hydrogens (tertiary/aromatic N) is 2. The fraction of sp³-hybridized carbons (Fsp3) is 0.211. The number of rotatable bonds is 5. The number of halogens is 1. The van der Waals surface area contributed by atoms with Crippen LogP contribution in [0.5, 0.6) is 0 Å². The second kappa shape index (κ2) is 7.19.